The Morgan fingerprint density at radius 3 is 2.86 bits per heavy atom. The van der Waals surface area contributed by atoms with Crippen molar-refractivity contribution in [2.45, 2.75) is 19.3 Å². The van der Waals surface area contributed by atoms with E-state index in [4.69, 9.17) is 9.47 Å². The summed E-state index contributed by atoms with van der Waals surface area (Å²) >= 11 is 0. The van der Waals surface area contributed by atoms with Crippen molar-refractivity contribution in [3.8, 4) is 5.75 Å². The van der Waals surface area contributed by atoms with Crippen molar-refractivity contribution in [1.82, 2.24) is 4.90 Å². The highest BCUT2D eigenvalue weighted by molar-refractivity contribution is 5.99. The Morgan fingerprint density at radius 1 is 1.24 bits per heavy atom. The van der Waals surface area contributed by atoms with Crippen molar-refractivity contribution in [3.05, 3.63) is 29.3 Å². The molecule has 5 nitrogen and oxygen atoms in total. The molecule has 21 heavy (non-hydrogen) atoms. The number of Topliss-reactive ketones (excluding diaryl/α,β-unsaturated/α-hetero) is 1. The molecule has 2 aliphatic rings. The summed E-state index contributed by atoms with van der Waals surface area (Å²) in [7, 11) is 0. The summed E-state index contributed by atoms with van der Waals surface area (Å²) in [5.41, 5.74) is 1.70. The van der Waals surface area contributed by atoms with E-state index >= 15 is 0 Å². The first-order valence-corrected chi connectivity index (χ1v) is 7.39. The summed E-state index contributed by atoms with van der Waals surface area (Å²) in [6.45, 7) is 2.42. The van der Waals surface area contributed by atoms with Gasteiger partial charge >= 0.3 is 0 Å². The largest absolute Gasteiger partial charge is 0.483 e. The van der Waals surface area contributed by atoms with E-state index in [1.54, 1.807) is 4.90 Å². The monoisotopic (exact) mass is 289 g/mol. The van der Waals surface area contributed by atoms with Gasteiger partial charge in [0.2, 0.25) is 0 Å². The minimum absolute atomic E-state index is 0.0185. The maximum Gasteiger partial charge on any atom is 0.260 e. The van der Waals surface area contributed by atoms with Gasteiger partial charge in [0.15, 0.2) is 12.4 Å². The van der Waals surface area contributed by atoms with Crippen molar-refractivity contribution in [3.63, 3.8) is 0 Å². The van der Waals surface area contributed by atoms with Crippen LogP contribution in [0.4, 0.5) is 0 Å². The van der Waals surface area contributed by atoms with Crippen LogP contribution in [0.5, 0.6) is 5.75 Å². The Bertz CT molecular complexity index is 549. The van der Waals surface area contributed by atoms with Gasteiger partial charge in [-0.1, -0.05) is 12.1 Å². The van der Waals surface area contributed by atoms with Gasteiger partial charge in [-0.25, -0.2) is 0 Å². The second kappa shape index (κ2) is 6.26. The molecule has 1 aliphatic heterocycles. The van der Waals surface area contributed by atoms with Crippen molar-refractivity contribution in [2.24, 2.45) is 0 Å². The first kappa shape index (κ1) is 14.1. The molecule has 0 bridgehead atoms. The van der Waals surface area contributed by atoms with Gasteiger partial charge in [0.05, 0.1) is 13.2 Å². The van der Waals surface area contributed by atoms with Gasteiger partial charge in [0.25, 0.3) is 5.91 Å². The number of nitrogens with zero attached hydrogens (tertiary/aromatic N) is 1. The molecule has 1 aromatic carbocycles. The van der Waals surface area contributed by atoms with Gasteiger partial charge in [0.1, 0.15) is 5.75 Å². The quantitative estimate of drug-likeness (QED) is 0.845. The maximum atomic E-state index is 12.1. The van der Waals surface area contributed by atoms with Crippen LogP contribution in [-0.2, 0) is 16.0 Å². The molecule has 1 saturated heterocycles. The fraction of sp³-hybridized carbons (Fsp3) is 0.500. The summed E-state index contributed by atoms with van der Waals surface area (Å²) in [5, 5.41) is 0. The smallest absolute Gasteiger partial charge is 0.260 e. The van der Waals surface area contributed by atoms with Crippen molar-refractivity contribution < 1.29 is 19.1 Å². The number of ketones is 1. The average Bonchev–Trinajstić information content (AvgIpc) is 2.54. The summed E-state index contributed by atoms with van der Waals surface area (Å²) in [5.74, 6) is 0.807. The van der Waals surface area contributed by atoms with E-state index in [1.807, 2.05) is 18.2 Å². The highest BCUT2D eigenvalue weighted by Crippen LogP contribution is 2.29. The second-order valence-electron chi connectivity index (χ2n) is 5.34. The van der Waals surface area contributed by atoms with Crippen LogP contribution in [0.1, 0.15) is 28.8 Å². The lowest BCUT2D eigenvalue weighted by atomic mass is 9.90. The number of benzene rings is 1. The molecule has 1 aromatic rings. The molecular weight excluding hydrogens is 270 g/mol. The number of hydrogen-bond donors (Lipinski definition) is 0. The van der Waals surface area contributed by atoms with Crippen LogP contribution in [0.3, 0.4) is 0 Å². The molecular formula is C16H19NO4. The Kier molecular flexibility index (Phi) is 4.20. The summed E-state index contributed by atoms with van der Waals surface area (Å²) in [6.07, 6.45) is 2.29. The molecule has 3 rings (SSSR count). The Morgan fingerprint density at radius 2 is 2.05 bits per heavy atom. The number of fused-ring (bicyclic) bond motifs is 1. The molecule has 0 aromatic heterocycles. The third-order valence-electron chi connectivity index (χ3n) is 3.98. The third kappa shape index (κ3) is 3.08. The molecule has 0 radical (unpaired) electrons. The van der Waals surface area contributed by atoms with Crippen LogP contribution < -0.4 is 4.74 Å². The number of amides is 1. The fourth-order valence-electron chi connectivity index (χ4n) is 2.82. The van der Waals surface area contributed by atoms with Gasteiger partial charge < -0.3 is 14.4 Å². The average molecular weight is 289 g/mol. The number of carbonyl (C=O) groups excluding carboxylic acids is 2. The molecule has 0 unspecified atom stereocenters. The van der Waals surface area contributed by atoms with E-state index in [2.05, 4.69) is 0 Å². The number of carbonyl (C=O) groups is 2. The minimum Gasteiger partial charge on any atom is -0.483 e. The molecule has 0 saturated carbocycles. The maximum absolute atomic E-state index is 12.1. The molecule has 1 heterocycles. The third-order valence-corrected chi connectivity index (χ3v) is 3.98. The van der Waals surface area contributed by atoms with E-state index in [0.29, 0.717) is 38.5 Å². The van der Waals surface area contributed by atoms with E-state index in [0.717, 1.165) is 24.0 Å². The van der Waals surface area contributed by atoms with E-state index < -0.39 is 0 Å². The molecule has 0 N–H and O–H groups in total. The number of hydrogen-bond acceptors (Lipinski definition) is 4. The van der Waals surface area contributed by atoms with E-state index in [-0.39, 0.29) is 18.3 Å². The molecule has 1 aliphatic carbocycles. The van der Waals surface area contributed by atoms with Gasteiger partial charge in [-0.2, -0.15) is 0 Å². The fourth-order valence-corrected chi connectivity index (χ4v) is 2.82. The zero-order chi connectivity index (χ0) is 14.7. The first-order chi connectivity index (χ1) is 10.3. The predicted octanol–water partition coefficient (Wildman–Crippen LogP) is 1.44. The van der Waals surface area contributed by atoms with Crippen LogP contribution in [0.25, 0.3) is 0 Å². The van der Waals surface area contributed by atoms with Gasteiger partial charge in [0, 0.05) is 30.6 Å². The van der Waals surface area contributed by atoms with Crippen LogP contribution in [-0.4, -0.2) is 49.5 Å². The predicted molar refractivity (Wildman–Crippen MR) is 76.6 cm³/mol. The molecule has 0 spiro atoms. The highest BCUT2D eigenvalue weighted by atomic mass is 16.5. The van der Waals surface area contributed by atoms with Crippen LogP contribution in [0.15, 0.2) is 18.2 Å². The van der Waals surface area contributed by atoms with Crippen LogP contribution >= 0.6 is 0 Å². The molecule has 5 heteroatoms. The first-order valence-electron chi connectivity index (χ1n) is 7.39. The van der Waals surface area contributed by atoms with Gasteiger partial charge in [-0.05, 0) is 18.9 Å². The Balaban J connectivity index is 1.66. The summed E-state index contributed by atoms with van der Waals surface area (Å²) in [6, 6.07) is 5.49. The Hall–Kier alpha value is -1.88. The molecule has 0 atom stereocenters. The van der Waals surface area contributed by atoms with Gasteiger partial charge in [-0.3, -0.25) is 9.59 Å². The standard InChI is InChI=1S/C16H19NO4/c18-14-5-1-4-13-12(14)3-2-6-15(13)21-11-16(19)17-7-9-20-10-8-17/h2-3,6H,1,4-5,7-11H2. The van der Waals surface area contributed by atoms with E-state index in [9.17, 15) is 9.59 Å². The lowest BCUT2D eigenvalue weighted by molar-refractivity contribution is -0.137. The number of rotatable bonds is 3. The topological polar surface area (TPSA) is 55.8 Å². The number of morpholine rings is 1. The summed E-state index contributed by atoms with van der Waals surface area (Å²) < 4.78 is 10.9. The molecule has 1 fully saturated rings. The van der Waals surface area contributed by atoms with Crippen molar-refractivity contribution in [2.75, 3.05) is 32.9 Å². The SMILES string of the molecule is O=C1CCCc2c(OCC(=O)N3CCOCC3)cccc21. The zero-order valence-electron chi connectivity index (χ0n) is 12.0. The minimum atomic E-state index is -0.0296. The summed E-state index contributed by atoms with van der Waals surface area (Å²) in [4.78, 5) is 25.7. The highest BCUT2D eigenvalue weighted by Gasteiger charge is 2.22. The van der Waals surface area contributed by atoms with Crippen molar-refractivity contribution >= 4 is 11.7 Å². The van der Waals surface area contributed by atoms with E-state index in [1.165, 1.54) is 0 Å². The zero-order valence-corrected chi connectivity index (χ0v) is 12.0. The lowest BCUT2D eigenvalue weighted by Gasteiger charge is -2.27. The van der Waals surface area contributed by atoms with Crippen LogP contribution in [0, 0.1) is 0 Å². The lowest BCUT2D eigenvalue weighted by Crippen LogP contribution is -2.43. The normalized spacial score (nSPS) is 18.3. The van der Waals surface area contributed by atoms with Crippen LogP contribution in [0.2, 0.25) is 0 Å². The molecule has 112 valence electrons. The number of ether oxygens (including phenoxy) is 2. The van der Waals surface area contributed by atoms with Gasteiger partial charge in [-0.15, -0.1) is 0 Å². The second-order valence-corrected chi connectivity index (χ2v) is 5.34. The van der Waals surface area contributed by atoms with Crippen molar-refractivity contribution in [1.29, 1.82) is 0 Å². The Labute approximate surface area is 123 Å². The molecule has 1 amide bonds.